The summed E-state index contributed by atoms with van der Waals surface area (Å²) >= 11 is 0. The Labute approximate surface area is 166 Å². The number of imidazole rings is 2. The van der Waals surface area contributed by atoms with E-state index in [-0.39, 0.29) is 20.1 Å². The summed E-state index contributed by atoms with van der Waals surface area (Å²) in [6, 6.07) is 11.0. The number of aromatic nitrogens is 7. The van der Waals surface area contributed by atoms with E-state index in [4.69, 9.17) is 0 Å². The molecule has 0 atom stereocenters. The second kappa shape index (κ2) is 8.51. The van der Waals surface area contributed by atoms with Crippen LogP contribution in [0.5, 0.6) is 0 Å². The van der Waals surface area contributed by atoms with Crippen LogP contribution in [-0.4, -0.2) is 28.9 Å². The van der Waals surface area contributed by atoms with E-state index in [2.05, 4.69) is 35.3 Å². The van der Waals surface area contributed by atoms with Crippen molar-refractivity contribution in [1.82, 2.24) is 28.9 Å². The molecule has 4 rings (SSSR count). The molecule has 7 nitrogen and oxygen atoms in total. The molecule has 1 aromatic carbocycles. The van der Waals surface area contributed by atoms with Gasteiger partial charge in [0.2, 0.25) is 0 Å². The van der Waals surface area contributed by atoms with Crippen LogP contribution in [0.1, 0.15) is 0 Å². The molecule has 0 aliphatic heterocycles. The molecule has 0 fully saturated rings. The van der Waals surface area contributed by atoms with Crippen molar-refractivity contribution in [2.24, 2.45) is 14.1 Å². The van der Waals surface area contributed by atoms with E-state index in [0.717, 1.165) is 17.2 Å². The number of rotatable bonds is 2. The van der Waals surface area contributed by atoms with Crippen molar-refractivity contribution in [3.05, 3.63) is 75.5 Å². The van der Waals surface area contributed by atoms with Crippen LogP contribution in [0.4, 0.5) is 0 Å². The molecular formula is C18H19IrN7+. The maximum Gasteiger partial charge on any atom is 3.00 e. The van der Waals surface area contributed by atoms with Crippen LogP contribution in [0.3, 0.4) is 0 Å². The minimum absolute atomic E-state index is 0. The number of aryl methyl sites for hydroxylation is 2. The molecule has 0 N–H and O–H groups in total. The van der Waals surface area contributed by atoms with Gasteiger partial charge in [-0.2, -0.15) is 0 Å². The topological polar surface area (TPSA) is 57.3 Å². The van der Waals surface area contributed by atoms with Crippen molar-refractivity contribution in [1.29, 1.82) is 0 Å². The van der Waals surface area contributed by atoms with E-state index < -0.39 is 0 Å². The molecule has 0 aliphatic rings. The van der Waals surface area contributed by atoms with Gasteiger partial charge in [0.05, 0.1) is 24.9 Å². The van der Waals surface area contributed by atoms with Gasteiger partial charge in [-0.1, -0.05) is 0 Å². The first-order valence-corrected chi connectivity index (χ1v) is 7.61. The first-order chi connectivity index (χ1) is 12.1. The second-order valence-corrected chi connectivity index (χ2v) is 5.46. The van der Waals surface area contributed by atoms with Gasteiger partial charge in [0.15, 0.2) is 5.82 Å². The summed E-state index contributed by atoms with van der Waals surface area (Å²) in [6.45, 7) is 0. The monoisotopic (exact) mass is 526 g/mol. The number of nitrogens with zero attached hydrogens (tertiary/aromatic N) is 7. The number of benzene rings is 1. The predicted molar refractivity (Wildman–Crippen MR) is 93.6 cm³/mol. The normalized spacial score (nSPS) is 9.92. The molecule has 3 heterocycles. The summed E-state index contributed by atoms with van der Waals surface area (Å²) in [5.74, 6) is 2.52. The Balaban J connectivity index is 0.000000180. The molecule has 0 radical (unpaired) electrons. The van der Waals surface area contributed by atoms with E-state index in [1.54, 1.807) is 21.7 Å². The van der Waals surface area contributed by atoms with Crippen molar-refractivity contribution in [3.63, 3.8) is 0 Å². The summed E-state index contributed by atoms with van der Waals surface area (Å²) in [5.41, 5.74) is 1.03. The Morgan fingerprint density at radius 2 is 1.92 bits per heavy atom. The Morgan fingerprint density at radius 1 is 1.12 bits per heavy atom. The second-order valence-electron chi connectivity index (χ2n) is 5.46. The van der Waals surface area contributed by atoms with Gasteiger partial charge in [-0.15, -0.1) is 42.9 Å². The summed E-state index contributed by atoms with van der Waals surface area (Å²) in [4.78, 5) is 4.22. The molecule has 0 aliphatic carbocycles. The minimum atomic E-state index is 0. The van der Waals surface area contributed by atoms with Gasteiger partial charge in [0.25, 0.3) is 0 Å². The van der Waals surface area contributed by atoms with Crippen molar-refractivity contribution in [3.8, 4) is 23.0 Å². The molecular weight excluding hydrogens is 506 g/mol. The Bertz CT molecular complexity index is 934. The molecule has 0 saturated heterocycles. The zero-order chi connectivity index (χ0) is 17.8. The largest absolute Gasteiger partial charge is 3.00 e. The Kier molecular flexibility index (Phi) is 6.38. The van der Waals surface area contributed by atoms with Crippen molar-refractivity contribution < 1.29 is 24.7 Å². The fraction of sp³-hybridized carbons (Fsp3) is 0.111. The summed E-state index contributed by atoms with van der Waals surface area (Å²) < 4.78 is 7.23. The number of hydrogen-bond acceptors (Lipinski definition) is 3. The molecule has 8 heteroatoms. The van der Waals surface area contributed by atoms with Crippen LogP contribution < -0.4 is 4.57 Å². The first kappa shape index (κ1) is 19.5. The van der Waals surface area contributed by atoms with E-state index >= 15 is 0 Å². The fourth-order valence-electron chi connectivity index (χ4n) is 2.40. The van der Waals surface area contributed by atoms with Crippen molar-refractivity contribution in [2.75, 3.05) is 0 Å². The predicted octanol–water partition coefficient (Wildman–Crippen LogP) is 1.74. The summed E-state index contributed by atoms with van der Waals surface area (Å²) in [5, 5.41) is 7.70. The van der Waals surface area contributed by atoms with Gasteiger partial charge in [-0.05, 0) is 7.05 Å². The third kappa shape index (κ3) is 4.04. The number of hydrogen-bond donors (Lipinski definition) is 0. The maximum absolute atomic E-state index is 4.22. The van der Waals surface area contributed by atoms with Gasteiger partial charge < -0.3 is 18.3 Å². The SMILES string of the molecule is Cn1ccnc1-c1[c-]cccc1.[CH2-]n1cnnc1-c1n(C)cc[n+]1[CH2-].[Ir+3]. The zero-order valence-corrected chi connectivity index (χ0v) is 17.0. The fourth-order valence-corrected chi connectivity index (χ4v) is 2.40. The molecule has 4 aromatic rings. The van der Waals surface area contributed by atoms with Crippen LogP contribution in [-0.2, 0) is 34.2 Å². The minimum Gasteiger partial charge on any atom is -0.459 e. The van der Waals surface area contributed by atoms with Gasteiger partial charge >= 0.3 is 20.1 Å². The molecule has 0 unspecified atom stereocenters. The molecule has 134 valence electrons. The van der Waals surface area contributed by atoms with Crippen LogP contribution in [0.15, 0.2) is 55.4 Å². The zero-order valence-electron chi connectivity index (χ0n) is 14.6. The van der Waals surface area contributed by atoms with Crippen molar-refractivity contribution >= 4 is 0 Å². The van der Waals surface area contributed by atoms with E-state index in [9.17, 15) is 0 Å². The van der Waals surface area contributed by atoms with Gasteiger partial charge in [0, 0.05) is 32.0 Å². The van der Waals surface area contributed by atoms with Crippen molar-refractivity contribution in [2.45, 2.75) is 0 Å². The van der Waals surface area contributed by atoms with Crippen LogP contribution in [0.2, 0.25) is 0 Å². The quantitative estimate of drug-likeness (QED) is 0.296. The summed E-state index contributed by atoms with van der Waals surface area (Å²) in [6.07, 6.45) is 9.02. The van der Waals surface area contributed by atoms with Gasteiger partial charge in [-0.3, -0.25) is 4.98 Å². The molecule has 0 saturated carbocycles. The van der Waals surface area contributed by atoms with E-state index in [1.165, 1.54) is 0 Å². The smallest absolute Gasteiger partial charge is 0.459 e. The van der Waals surface area contributed by atoms with E-state index in [1.807, 2.05) is 66.1 Å². The third-order valence-electron chi connectivity index (χ3n) is 3.66. The standard InChI is InChI=1S/C10H9N2.C8H10N5.Ir/c1-12-8-7-11-10(12)9-5-3-2-4-6-9;1-11-4-5-12(2)8(11)7-10-9-6-13(7)3;/h2-5,7-8H,1H3;4-6H,1,3H2,2H3;/q2*-1;+3. The third-order valence-corrected chi connectivity index (χ3v) is 3.66. The molecule has 0 spiro atoms. The van der Waals surface area contributed by atoms with E-state index in [0.29, 0.717) is 5.82 Å². The molecule has 26 heavy (non-hydrogen) atoms. The average Bonchev–Trinajstić information content (AvgIpc) is 3.31. The van der Waals surface area contributed by atoms with Crippen LogP contribution in [0, 0.1) is 20.2 Å². The van der Waals surface area contributed by atoms with Crippen LogP contribution >= 0.6 is 0 Å². The Hall–Kier alpha value is -2.83. The van der Waals surface area contributed by atoms with Gasteiger partial charge in [0.1, 0.15) is 0 Å². The first-order valence-electron chi connectivity index (χ1n) is 7.61. The Morgan fingerprint density at radius 3 is 2.42 bits per heavy atom. The van der Waals surface area contributed by atoms with Crippen LogP contribution in [0.25, 0.3) is 23.0 Å². The summed E-state index contributed by atoms with van der Waals surface area (Å²) in [7, 11) is 11.5. The average molecular weight is 526 g/mol. The van der Waals surface area contributed by atoms with Gasteiger partial charge in [-0.25, -0.2) is 10.2 Å². The molecule has 3 aromatic heterocycles. The molecule has 0 amide bonds. The molecule has 0 bridgehead atoms. The maximum atomic E-state index is 4.22.